The van der Waals surface area contributed by atoms with E-state index < -0.39 is 6.17 Å². The molecular formula is C45H45Cl2FN4O4. The van der Waals surface area contributed by atoms with Crippen molar-refractivity contribution >= 4 is 34.7 Å². The minimum absolute atomic E-state index is 0.141. The molecule has 0 aromatic heterocycles. The smallest absolute Gasteiger partial charge is 0.188 e. The number of hydrogen-bond donors (Lipinski definition) is 1. The summed E-state index contributed by atoms with van der Waals surface area (Å²) in [5.74, 6) is 2.33. The number of fused-ring (bicyclic) bond motifs is 1. The van der Waals surface area contributed by atoms with Crippen LogP contribution in [0.2, 0.25) is 10.0 Å². The van der Waals surface area contributed by atoms with E-state index in [1.165, 1.54) is 5.56 Å². The minimum Gasteiger partial charge on any atom is -0.492 e. The van der Waals surface area contributed by atoms with Crippen LogP contribution in [-0.2, 0) is 24.4 Å². The van der Waals surface area contributed by atoms with Crippen LogP contribution in [0, 0.1) is 23.8 Å². The third kappa shape index (κ3) is 9.65. The van der Waals surface area contributed by atoms with E-state index in [0.717, 1.165) is 67.6 Å². The summed E-state index contributed by atoms with van der Waals surface area (Å²) in [5, 5.41) is 14.0. The van der Waals surface area contributed by atoms with E-state index >= 15 is 0 Å². The molecule has 0 amide bonds. The van der Waals surface area contributed by atoms with Crippen LogP contribution in [-0.4, -0.2) is 49.6 Å². The number of halogens is 3. The predicted octanol–water partition coefficient (Wildman–Crippen LogP) is 10.4. The first-order valence-corrected chi connectivity index (χ1v) is 20.2. The molecule has 4 aromatic rings. The summed E-state index contributed by atoms with van der Waals surface area (Å²) in [5.41, 5.74) is 6.48. The zero-order valence-corrected chi connectivity index (χ0v) is 32.8. The van der Waals surface area contributed by atoms with Gasteiger partial charge in [0, 0.05) is 61.8 Å². The van der Waals surface area contributed by atoms with Gasteiger partial charge in [-0.15, -0.1) is 0 Å². The van der Waals surface area contributed by atoms with Gasteiger partial charge in [-0.3, -0.25) is 4.79 Å². The largest absolute Gasteiger partial charge is 0.492 e. The van der Waals surface area contributed by atoms with Gasteiger partial charge in [-0.25, -0.2) is 9.24 Å². The van der Waals surface area contributed by atoms with Crippen molar-refractivity contribution < 1.29 is 23.4 Å². The number of rotatable bonds is 15. The molecule has 0 bridgehead atoms. The molecule has 1 aliphatic heterocycles. The molecule has 4 aromatic carbocycles. The molecule has 8 nitrogen and oxygen atoms in total. The lowest BCUT2D eigenvalue weighted by Crippen LogP contribution is -2.35. The van der Waals surface area contributed by atoms with Crippen molar-refractivity contribution in [3.8, 4) is 34.4 Å². The van der Waals surface area contributed by atoms with Crippen molar-refractivity contribution in [3.63, 3.8) is 0 Å². The number of likely N-dealkylation sites (tertiary alicyclic amines) is 1. The molecule has 11 heteroatoms. The van der Waals surface area contributed by atoms with Gasteiger partial charge in [0.05, 0.1) is 29.3 Å². The summed E-state index contributed by atoms with van der Waals surface area (Å²) in [6.45, 7) is 11.8. The number of Topliss-reactive ketones (excluding diaryl/α,β-unsaturated/α-hetero) is 1. The molecule has 1 heterocycles. The number of ether oxygens (including phenoxy) is 3. The van der Waals surface area contributed by atoms with Gasteiger partial charge >= 0.3 is 0 Å². The van der Waals surface area contributed by atoms with Crippen molar-refractivity contribution in [3.05, 3.63) is 116 Å². The Bertz CT molecular complexity index is 2110. The second-order valence-electron chi connectivity index (χ2n) is 14.9. The van der Waals surface area contributed by atoms with Crippen molar-refractivity contribution in [2.24, 2.45) is 5.92 Å². The number of nitrogens with zero attached hydrogens (tertiary/aromatic N) is 3. The Morgan fingerprint density at radius 1 is 0.946 bits per heavy atom. The lowest BCUT2D eigenvalue weighted by molar-refractivity contribution is -0.117. The molecular weight excluding hydrogens is 750 g/mol. The van der Waals surface area contributed by atoms with Gasteiger partial charge in [0.2, 0.25) is 0 Å². The maximum atomic E-state index is 13.5. The highest BCUT2D eigenvalue weighted by Gasteiger charge is 2.29. The second-order valence-corrected chi connectivity index (χ2v) is 15.7. The van der Waals surface area contributed by atoms with Gasteiger partial charge in [-0.05, 0) is 104 Å². The van der Waals surface area contributed by atoms with E-state index in [2.05, 4.69) is 33.3 Å². The minimum atomic E-state index is -0.676. The number of benzene rings is 4. The molecule has 0 spiro atoms. The number of nitriles is 1. The molecule has 0 radical (unpaired) electrons. The molecule has 3 aliphatic rings. The Labute approximate surface area is 338 Å². The quantitative estimate of drug-likeness (QED) is 0.0947. The first kappa shape index (κ1) is 39.6. The van der Waals surface area contributed by atoms with Gasteiger partial charge in [0.25, 0.3) is 0 Å². The first-order valence-electron chi connectivity index (χ1n) is 19.4. The zero-order valence-electron chi connectivity index (χ0n) is 31.3. The number of ketones is 1. The van der Waals surface area contributed by atoms with Gasteiger partial charge in [0.15, 0.2) is 5.69 Å². The van der Waals surface area contributed by atoms with Crippen LogP contribution < -0.4 is 19.5 Å². The number of hydrogen-bond acceptors (Lipinski definition) is 7. The fourth-order valence-corrected chi connectivity index (χ4v) is 8.55. The van der Waals surface area contributed by atoms with Crippen LogP contribution in [0.1, 0.15) is 78.9 Å². The SMILES string of the molecule is [C-]#[N+]c1cc(C#N)cc(COc2cc(O[C@H]3CCc4c(-c5cccc(OCCCN6CCC(F)CC6)c5Cl)cccc43)c(Cl)cc2CNC[C@H]2CCC(=O)C2)c1. The van der Waals surface area contributed by atoms with Gasteiger partial charge in [-0.1, -0.05) is 53.5 Å². The number of nitrogens with one attached hydrogen (secondary N) is 1. The van der Waals surface area contributed by atoms with Gasteiger partial charge < -0.3 is 24.4 Å². The third-order valence-electron chi connectivity index (χ3n) is 11.0. The van der Waals surface area contributed by atoms with Crippen molar-refractivity contribution in [2.45, 2.75) is 76.8 Å². The molecule has 2 fully saturated rings. The summed E-state index contributed by atoms with van der Waals surface area (Å²) in [4.78, 5) is 17.6. The number of carbonyl (C=O) groups excluding carboxylic acids is 1. The van der Waals surface area contributed by atoms with Crippen LogP contribution in [0.25, 0.3) is 16.0 Å². The van der Waals surface area contributed by atoms with Gasteiger partial charge in [0.1, 0.15) is 41.9 Å². The number of piperidine rings is 1. The summed E-state index contributed by atoms with van der Waals surface area (Å²) < 4.78 is 32.7. The van der Waals surface area contributed by atoms with E-state index in [1.54, 1.807) is 18.2 Å². The molecule has 2 aliphatic carbocycles. The molecule has 1 N–H and O–H groups in total. The van der Waals surface area contributed by atoms with E-state index in [1.807, 2.05) is 36.4 Å². The molecule has 1 saturated heterocycles. The van der Waals surface area contributed by atoms with E-state index in [0.29, 0.717) is 101 Å². The Morgan fingerprint density at radius 3 is 2.55 bits per heavy atom. The zero-order chi connectivity index (χ0) is 39.0. The van der Waals surface area contributed by atoms with E-state index in [4.69, 9.17) is 44.0 Å². The highest BCUT2D eigenvalue weighted by molar-refractivity contribution is 6.35. The highest BCUT2D eigenvalue weighted by Crippen LogP contribution is 2.45. The fraction of sp³-hybridized carbons (Fsp3) is 0.400. The third-order valence-corrected chi connectivity index (χ3v) is 11.7. The summed E-state index contributed by atoms with van der Waals surface area (Å²) in [6.07, 6.45) is 4.77. The van der Waals surface area contributed by atoms with Gasteiger partial charge in [-0.2, -0.15) is 5.26 Å². The van der Waals surface area contributed by atoms with Crippen LogP contribution in [0.4, 0.5) is 10.1 Å². The summed E-state index contributed by atoms with van der Waals surface area (Å²) >= 11 is 13.9. The van der Waals surface area contributed by atoms with Crippen molar-refractivity contribution in [2.75, 3.05) is 32.8 Å². The van der Waals surface area contributed by atoms with Crippen LogP contribution in [0.15, 0.2) is 66.7 Å². The summed E-state index contributed by atoms with van der Waals surface area (Å²) in [7, 11) is 0. The average molecular weight is 796 g/mol. The van der Waals surface area contributed by atoms with E-state index in [-0.39, 0.29) is 12.7 Å². The van der Waals surface area contributed by atoms with Crippen molar-refractivity contribution in [1.82, 2.24) is 10.2 Å². The van der Waals surface area contributed by atoms with Crippen LogP contribution in [0.5, 0.6) is 17.2 Å². The highest BCUT2D eigenvalue weighted by atomic mass is 35.5. The Morgan fingerprint density at radius 2 is 1.77 bits per heavy atom. The Hall–Kier alpha value is -4.64. The average Bonchev–Trinajstić information content (AvgIpc) is 3.83. The monoisotopic (exact) mass is 794 g/mol. The molecule has 2 atom stereocenters. The van der Waals surface area contributed by atoms with Crippen LogP contribution >= 0.6 is 23.2 Å². The molecule has 7 rings (SSSR count). The topological polar surface area (TPSA) is 88.2 Å². The first-order chi connectivity index (χ1) is 27.3. The molecule has 0 unspecified atom stereocenters. The molecule has 290 valence electrons. The standard InChI is InChI=1S/C45H45Cl2FN4O4/c1-50-34-20-30(25-49)19-31(21-34)28-55-43-24-44(40(46)23-32(43)27-51-26-29-9-10-35(53)22-29)56-41-12-11-37-36(5-2-6-38(37)41)39-7-3-8-42(45(39)47)54-18-4-15-52-16-13-33(48)14-17-52/h2-3,5-8,19-21,23-24,29,33,41,51H,4,9-18,22,26-28H2/t29-,41-/m0/s1. The van der Waals surface area contributed by atoms with Crippen LogP contribution in [0.3, 0.4) is 0 Å². The number of alkyl halides is 1. The molecule has 56 heavy (non-hydrogen) atoms. The summed E-state index contributed by atoms with van der Waals surface area (Å²) in [6, 6.07) is 22.9. The maximum absolute atomic E-state index is 13.5. The normalized spacial score (nSPS) is 18.3. The van der Waals surface area contributed by atoms with Crippen molar-refractivity contribution in [1.29, 1.82) is 5.26 Å². The number of carbonyl (C=O) groups is 1. The molecule has 1 saturated carbocycles. The lowest BCUT2D eigenvalue weighted by atomic mass is 9.96. The Kier molecular flexibility index (Phi) is 13.1. The maximum Gasteiger partial charge on any atom is 0.188 e. The fourth-order valence-electron chi connectivity index (χ4n) is 8.03. The lowest BCUT2D eigenvalue weighted by Gasteiger charge is -2.28. The predicted molar refractivity (Wildman–Crippen MR) is 217 cm³/mol. The second kappa shape index (κ2) is 18.5. The van der Waals surface area contributed by atoms with E-state index in [9.17, 15) is 14.4 Å². The Balaban J connectivity index is 1.07.